The van der Waals surface area contributed by atoms with Crippen LogP contribution in [0, 0.1) is 10.1 Å². The molecule has 0 aliphatic heterocycles. The van der Waals surface area contributed by atoms with Crippen LogP contribution in [-0.4, -0.2) is 21.9 Å². The van der Waals surface area contributed by atoms with Gasteiger partial charge in [-0.15, -0.1) is 0 Å². The molecule has 0 fully saturated rings. The Hall–Kier alpha value is -1.69. The number of nitrogens with zero attached hydrogens (tertiary/aromatic N) is 2. The highest BCUT2D eigenvalue weighted by molar-refractivity contribution is 6.32. The molecule has 0 saturated carbocycles. The monoisotopic (exact) mass is 299 g/mol. The molecule has 0 bridgehead atoms. The molecule has 0 saturated heterocycles. The van der Waals surface area contributed by atoms with Crippen LogP contribution in [0.2, 0.25) is 5.15 Å². The highest BCUT2D eigenvalue weighted by Gasteiger charge is 2.18. The maximum atomic E-state index is 12.0. The van der Waals surface area contributed by atoms with E-state index in [1.807, 2.05) is 6.92 Å². The molecule has 0 aliphatic carbocycles. The molecule has 7 heteroatoms. The fourth-order valence-corrected chi connectivity index (χ4v) is 1.96. The van der Waals surface area contributed by atoms with Gasteiger partial charge in [0.15, 0.2) is 0 Å². The average Bonchev–Trinajstić information content (AvgIpc) is 2.39. The van der Waals surface area contributed by atoms with E-state index in [0.717, 1.165) is 37.9 Å². The second-order valence-electron chi connectivity index (χ2n) is 4.66. The predicted molar refractivity (Wildman–Crippen MR) is 77.0 cm³/mol. The Kier molecular flexibility index (Phi) is 6.38. The van der Waals surface area contributed by atoms with E-state index in [1.165, 1.54) is 0 Å². The van der Waals surface area contributed by atoms with Crippen LogP contribution >= 0.6 is 11.6 Å². The number of hydrogen-bond donors (Lipinski definition) is 1. The normalized spacial score (nSPS) is 11.9. The van der Waals surface area contributed by atoms with E-state index in [2.05, 4.69) is 17.2 Å². The second kappa shape index (κ2) is 7.79. The Labute approximate surface area is 122 Å². The number of carbonyl (C=O) groups excluding carboxylic acids is 1. The molecule has 1 aromatic rings. The Morgan fingerprint density at radius 2 is 2.25 bits per heavy atom. The van der Waals surface area contributed by atoms with Crippen LogP contribution < -0.4 is 5.32 Å². The van der Waals surface area contributed by atoms with Crippen molar-refractivity contribution in [3.63, 3.8) is 0 Å². The Bertz CT molecular complexity index is 494. The number of carbonyl (C=O) groups is 1. The zero-order valence-electron chi connectivity index (χ0n) is 11.6. The molecule has 1 unspecified atom stereocenters. The highest BCUT2D eigenvalue weighted by Crippen LogP contribution is 2.19. The van der Waals surface area contributed by atoms with Crippen molar-refractivity contribution in [2.24, 2.45) is 0 Å². The maximum absolute atomic E-state index is 12.0. The summed E-state index contributed by atoms with van der Waals surface area (Å²) in [6, 6.07) is 1.13. The van der Waals surface area contributed by atoms with Gasteiger partial charge in [0.05, 0.1) is 10.5 Å². The molecule has 1 heterocycles. The number of nitrogens with one attached hydrogen (secondary N) is 1. The fraction of sp³-hybridized carbons (Fsp3) is 0.538. The molecule has 0 aromatic carbocycles. The van der Waals surface area contributed by atoms with Crippen LogP contribution in [0.5, 0.6) is 0 Å². The molecule has 0 aliphatic rings. The van der Waals surface area contributed by atoms with Crippen molar-refractivity contribution >= 4 is 23.2 Å². The van der Waals surface area contributed by atoms with Crippen molar-refractivity contribution in [2.75, 3.05) is 0 Å². The largest absolute Gasteiger partial charge is 0.349 e. The molecule has 1 aromatic heterocycles. The van der Waals surface area contributed by atoms with Crippen molar-refractivity contribution in [3.8, 4) is 0 Å². The number of amides is 1. The van der Waals surface area contributed by atoms with Crippen molar-refractivity contribution in [3.05, 3.63) is 33.1 Å². The molecule has 1 N–H and O–H groups in total. The lowest BCUT2D eigenvalue weighted by Crippen LogP contribution is -2.32. The van der Waals surface area contributed by atoms with E-state index in [1.54, 1.807) is 0 Å². The summed E-state index contributed by atoms with van der Waals surface area (Å²) in [5.74, 6) is -0.435. The minimum absolute atomic E-state index is 0.00983. The Morgan fingerprint density at radius 1 is 1.55 bits per heavy atom. The third-order valence-electron chi connectivity index (χ3n) is 2.90. The fourth-order valence-electron chi connectivity index (χ4n) is 1.77. The van der Waals surface area contributed by atoms with Crippen LogP contribution in [0.1, 0.15) is 49.9 Å². The van der Waals surface area contributed by atoms with Crippen molar-refractivity contribution < 1.29 is 9.72 Å². The van der Waals surface area contributed by atoms with Gasteiger partial charge in [0.2, 0.25) is 0 Å². The third-order valence-corrected chi connectivity index (χ3v) is 3.20. The standard InChI is InChI=1S/C13H18ClN3O3/c1-3-4-5-6-9(2)16-13(18)11-7-10(17(19)20)8-15-12(11)14/h7-9H,3-6H2,1-2H3,(H,16,18). The van der Waals surface area contributed by atoms with Gasteiger partial charge in [-0.2, -0.15) is 0 Å². The Balaban J connectivity index is 2.71. The molecule has 6 nitrogen and oxygen atoms in total. The number of unbranched alkanes of at least 4 members (excludes halogenated alkanes) is 2. The molecule has 110 valence electrons. The Morgan fingerprint density at radius 3 is 2.85 bits per heavy atom. The first kappa shape index (κ1) is 16.4. The maximum Gasteiger partial charge on any atom is 0.288 e. The van der Waals surface area contributed by atoms with E-state index in [4.69, 9.17) is 11.6 Å². The first-order chi connectivity index (χ1) is 9.45. The number of hydrogen-bond acceptors (Lipinski definition) is 4. The lowest BCUT2D eigenvalue weighted by atomic mass is 10.1. The zero-order valence-corrected chi connectivity index (χ0v) is 12.3. The summed E-state index contributed by atoms with van der Waals surface area (Å²) in [5.41, 5.74) is -0.221. The summed E-state index contributed by atoms with van der Waals surface area (Å²) in [4.78, 5) is 25.8. The average molecular weight is 300 g/mol. The number of halogens is 1. The van der Waals surface area contributed by atoms with E-state index in [9.17, 15) is 14.9 Å². The first-order valence-corrected chi connectivity index (χ1v) is 6.94. The number of nitro groups is 1. The number of rotatable bonds is 7. The lowest BCUT2D eigenvalue weighted by Gasteiger charge is -2.13. The van der Waals surface area contributed by atoms with Gasteiger partial charge in [-0.1, -0.05) is 37.8 Å². The van der Waals surface area contributed by atoms with Gasteiger partial charge in [0.1, 0.15) is 11.3 Å². The van der Waals surface area contributed by atoms with Gasteiger partial charge in [0, 0.05) is 12.1 Å². The third kappa shape index (κ3) is 4.77. The molecular weight excluding hydrogens is 282 g/mol. The van der Waals surface area contributed by atoms with E-state index in [0.29, 0.717) is 0 Å². The van der Waals surface area contributed by atoms with Crippen molar-refractivity contribution in [1.29, 1.82) is 0 Å². The van der Waals surface area contributed by atoms with Gasteiger partial charge in [0.25, 0.3) is 11.6 Å². The SMILES string of the molecule is CCCCCC(C)NC(=O)c1cc([N+](=O)[O-])cnc1Cl. The molecule has 1 rings (SSSR count). The van der Waals surface area contributed by atoms with Crippen LogP contribution in [0.15, 0.2) is 12.3 Å². The highest BCUT2D eigenvalue weighted by atomic mass is 35.5. The summed E-state index contributed by atoms with van der Waals surface area (Å²) >= 11 is 5.81. The van der Waals surface area contributed by atoms with E-state index in [-0.39, 0.29) is 22.4 Å². The summed E-state index contributed by atoms with van der Waals surface area (Å²) in [5, 5.41) is 13.4. The molecule has 1 atom stereocenters. The van der Waals surface area contributed by atoms with Gasteiger partial charge < -0.3 is 5.32 Å². The van der Waals surface area contributed by atoms with Crippen LogP contribution in [-0.2, 0) is 0 Å². The summed E-state index contributed by atoms with van der Waals surface area (Å²) in [6.45, 7) is 4.00. The van der Waals surface area contributed by atoms with Crippen LogP contribution in [0.3, 0.4) is 0 Å². The topological polar surface area (TPSA) is 85.1 Å². The molecular formula is C13H18ClN3O3. The molecule has 0 spiro atoms. The minimum atomic E-state index is -0.606. The van der Waals surface area contributed by atoms with Crippen LogP contribution in [0.4, 0.5) is 5.69 Å². The first-order valence-electron chi connectivity index (χ1n) is 6.56. The quantitative estimate of drug-likeness (QED) is 0.362. The van der Waals surface area contributed by atoms with Crippen molar-refractivity contribution in [1.82, 2.24) is 10.3 Å². The minimum Gasteiger partial charge on any atom is -0.349 e. The second-order valence-corrected chi connectivity index (χ2v) is 5.02. The number of aromatic nitrogens is 1. The molecule has 1 amide bonds. The zero-order chi connectivity index (χ0) is 15.1. The van der Waals surface area contributed by atoms with Gasteiger partial charge in [-0.25, -0.2) is 4.98 Å². The van der Waals surface area contributed by atoms with Crippen molar-refractivity contribution in [2.45, 2.75) is 45.6 Å². The molecule has 20 heavy (non-hydrogen) atoms. The molecule has 0 radical (unpaired) electrons. The van der Waals surface area contributed by atoms with Gasteiger partial charge in [-0.05, 0) is 13.3 Å². The summed E-state index contributed by atoms with van der Waals surface area (Å²) in [6.07, 6.45) is 5.14. The van der Waals surface area contributed by atoms with Gasteiger partial charge >= 0.3 is 0 Å². The van der Waals surface area contributed by atoms with Gasteiger partial charge in [-0.3, -0.25) is 14.9 Å². The predicted octanol–water partition coefficient (Wildman–Crippen LogP) is 3.34. The summed E-state index contributed by atoms with van der Waals surface area (Å²) in [7, 11) is 0. The lowest BCUT2D eigenvalue weighted by molar-refractivity contribution is -0.385. The van der Waals surface area contributed by atoms with Crippen LogP contribution in [0.25, 0.3) is 0 Å². The van der Waals surface area contributed by atoms with E-state index >= 15 is 0 Å². The smallest absolute Gasteiger partial charge is 0.288 e. The van der Waals surface area contributed by atoms with E-state index < -0.39 is 10.8 Å². The summed E-state index contributed by atoms with van der Waals surface area (Å²) < 4.78 is 0. The number of pyridine rings is 1.